The average molecular weight is 401 g/mol. The molecule has 12 heteroatoms. The molecule has 0 spiro atoms. The SMILES string of the molecule is O=P(O)(O)C(F)(Cc1cc(-c2cccc3[nH]ncc23)ccn1)P(=O)(O)O. The average Bonchev–Trinajstić information content (AvgIpc) is 3.01. The van der Waals surface area contributed by atoms with Crippen LogP contribution < -0.4 is 0 Å². The summed E-state index contributed by atoms with van der Waals surface area (Å²) in [5.74, 6) is 0. The zero-order valence-electron chi connectivity index (χ0n) is 13.0. The van der Waals surface area contributed by atoms with Crippen molar-refractivity contribution in [3.8, 4) is 11.1 Å². The number of alkyl halides is 1. The Labute approximate surface area is 146 Å². The Morgan fingerprint density at radius 3 is 2.46 bits per heavy atom. The van der Waals surface area contributed by atoms with Crippen LogP contribution in [-0.4, -0.2) is 39.9 Å². The number of halogens is 1. The van der Waals surface area contributed by atoms with Crippen LogP contribution in [-0.2, 0) is 15.6 Å². The van der Waals surface area contributed by atoms with Gasteiger partial charge in [0, 0.05) is 23.7 Å². The molecule has 0 aliphatic rings. The molecule has 0 aliphatic carbocycles. The van der Waals surface area contributed by atoms with Gasteiger partial charge in [-0.25, -0.2) is 4.39 Å². The van der Waals surface area contributed by atoms with Crippen molar-refractivity contribution in [2.24, 2.45) is 0 Å². The van der Waals surface area contributed by atoms with Crippen molar-refractivity contribution in [2.75, 3.05) is 0 Å². The Bertz CT molecular complexity index is 1040. The van der Waals surface area contributed by atoms with E-state index in [-0.39, 0.29) is 5.69 Å². The summed E-state index contributed by atoms with van der Waals surface area (Å²) in [5, 5.41) is 3.42. The number of nitrogens with zero attached hydrogens (tertiary/aromatic N) is 2. The molecule has 0 saturated carbocycles. The second-order valence-electron chi connectivity index (χ2n) is 5.66. The Kier molecular flexibility index (Phi) is 4.60. The van der Waals surface area contributed by atoms with Gasteiger partial charge in [-0.15, -0.1) is 0 Å². The van der Waals surface area contributed by atoms with Crippen molar-refractivity contribution >= 4 is 26.1 Å². The predicted molar refractivity (Wildman–Crippen MR) is 91.0 cm³/mol. The maximum atomic E-state index is 14.6. The zero-order valence-corrected chi connectivity index (χ0v) is 14.8. The van der Waals surface area contributed by atoms with E-state index in [1.54, 1.807) is 30.5 Å². The van der Waals surface area contributed by atoms with E-state index >= 15 is 0 Å². The quantitative estimate of drug-likeness (QED) is 0.407. The highest BCUT2D eigenvalue weighted by Gasteiger charge is 2.61. The first-order valence-electron chi connectivity index (χ1n) is 7.20. The van der Waals surface area contributed by atoms with Gasteiger partial charge in [0.2, 0.25) is 0 Å². The van der Waals surface area contributed by atoms with E-state index in [1.807, 2.05) is 0 Å². The zero-order chi connectivity index (χ0) is 19.2. The van der Waals surface area contributed by atoms with E-state index in [4.69, 9.17) is 19.6 Å². The third-order valence-corrected chi connectivity index (χ3v) is 7.58. The smallest absolute Gasteiger partial charge is 0.322 e. The number of aromatic amines is 1. The molecule has 0 aliphatic heterocycles. The van der Waals surface area contributed by atoms with Gasteiger partial charge in [0.1, 0.15) is 0 Å². The molecule has 9 nitrogen and oxygen atoms in total. The summed E-state index contributed by atoms with van der Waals surface area (Å²) in [6, 6.07) is 8.20. The summed E-state index contributed by atoms with van der Waals surface area (Å²) in [5.41, 5.74) is 1.75. The summed E-state index contributed by atoms with van der Waals surface area (Å²) < 4.78 is 37.4. The van der Waals surface area contributed by atoms with Crippen LogP contribution in [0.4, 0.5) is 4.39 Å². The summed E-state index contributed by atoms with van der Waals surface area (Å²) in [7, 11) is -11.6. The Hall–Kier alpha value is -1.93. The maximum Gasteiger partial charge on any atom is 0.375 e. The van der Waals surface area contributed by atoms with Crippen molar-refractivity contribution in [3.05, 3.63) is 48.4 Å². The van der Waals surface area contributed by atoms with Crippen molar-refractivity contribution in [1.82, 2.24) is 15.2 Å². The summed E-state index contributed by atoms with van der Waals surface area (Å²) >= 11 is 0. The fraction of sp³-hybridized carbons (Fsp3) is 0.143. The number of fused-ring (bicyclic) bond motifs is 1. The van der Waals surface area contributed by atoms with Crippen LogP contribution in [0.5, 0.6) is 0 Å². The lowest BCUT2D eigenvalue weighted by Gasteiger charge is -2.26. The minimum Gasteiger partial charge on any atom is -0.322 e. The van der Waals surface area contributed by atoms with Gasteiger partial charge in [0.25, 0.3) is 0 Å². The van der Waals surface area contributed by atoms with Gasteiger partial charge < -0.3 is 19.6 Å². The molecule has 0 amide bonds. The highest BCUT2D eigenvalue weighted by molar-refractivity contribution is 7.72. The van der Waals surface area contributed by atoms with Gasteiger partial charge in [-0.1, -0.05) is 12.1 Å². The third kappa shape index (κ3) is 3.23. The first kappa shape index (κ1) is 18.8. The molecule has 3 aromatic rings. The number of benzene rings is 1. The van der Waals surface area contributed by atoms with E-state index < -0.39 is 26.8 Å². The monoisotopic (exact) mass is 401 g/mol. The molecule has 26 heavy (non-hydrogen) atoms. The van der Waals surface area contributed by atoms with Crippen LogP contribution in [0.2, 0.25) is 0 Å². The van der Waals surface area contributed by atoms with E-state index in [9.17, 15) is 13.5 Å². The van der Waals surface area contributed by atoms with Crippen molar-refractivity contribution in [1.29, 1.82) is 0 Å². The van der Waals surface area contributed by atoms with Gasteiger partial charge in [0.15, 0.2) is 0 Å². The maximum absolute atomic E-state index is 14.6. The fourth-order valence-electron chi connectivity index (χ4n) is 2.57. The molecule has 0 fully saturated rings. The van der Waals surface area contributed by atoms with Gasteiger partial charge in [-0.2, -0.15) is 5.10 Å². The topological polar surface area (TPSA) is 157 Å². The highest BCUT2D eigenvalue weighted by atomic mass is 31.2. The first-order valence-corrected chi connectivity index (χ1v) is 10.4. The molecule has 3 rings (SSSR count). The van der Waals surface area contributed by atoms with Crippen LogP contribution in [0.1, 0.15) is 5.69 Å². The predicted octanol–water partition coefficient (Wildman–Crippen LogP) is 2.15. The molecule has 0 bridgehead atoms. The van der Waals surface area contributed by atoms with Crippen LogP contribution >= 0.6 is 15.2 Å². The van der Waals surface area contributed by atoms with Gasteiger partial charge in [-0.3, -0.25) is 19.2 Å². The van der Waals surface area contributed by atoms with E-state index in [0.29, 0.717) is 11.1 Å². The number of hydrogen-bond acceptors (Lipinski definition) is 4. The molecule has 0 unspecified atom stereocenters. The molecule has 2 aromatic heterocycles. The molecule has 0 atom stereocenters. The van der Waals surface area contributed by atoms with Crippen LogP contribution in [0.25, 0.3) is 22.0 Å². The van der Waals surface area contributed by atoms with E-state index in [0.717, 1.165) is 10.9 Å². The standard InChI is InChI=1S/C14H14FN3O6P2/c15-14(25(19,20)21,26(22,23)24)7-10-6-9(4-5-16-10)11-2-1-3-13-12(11)8-17-18-13/h1-6,8H,7H2,(H,17,18)(H2,19,20,21)(H2,22,23,24). The summed E-state index contributed by atoms with van der Waals surface area (Å²) in [6.45, 7) is 0. The molecule has 1 aromatic carbocycles. The van der Waals surface area contributed by atoms with Gasteiger partial charge >= 0.3 is 20.3 Å². The molecular weight excluding hydrogens is 387 g/mol. The summed E-state index contributed by atoms with van der Waals surface area (Å²) in [6.07, 6.45) is 1.61. The van der Waals surface area contributed by atoms with Crippen LogP contribution in [0.3, 0.4) is 0 Å². The summed E-state index contributed by atoms with van der Waals surface area (Å²) in [4.78, 5) is 40.3. The van der Waals surface area contributed by atoms with Crippen molar-refractivity contribution in [3.63, 3.8) is 0 Å². The van der Waals surface area contributed by atoms with Crippen LogP contribution in [0.15, 0.2) is 42.7 Å². The Balaban J connectivity index is 2.07. The number of hydrogen-bond donors (Lipinski definition) is 5. The van der Waals surface area contributed by atoms with Crippen LogP contribution in [0, 0.1) is 0 Å². The largest absolute Gasteiger partial charge is 0.375 e. The molecular formula is C14H14FN3O6P2. The normalized spacial score (nSPS) is 13.3. The van der Waals surface area contributed by atoms with Gasteiger partial charge in [0.05, 0.1) is 11.7 Å². The lowest BCUT2D eigenvalue weighted by Crippen LogP contribution is -2.26. The fourth-order valence-corrected chi connectivity index (χ4v) is 4.66. The number of H-pyrrole nitrogens is 1. The number of pyridine rings is 1. The Morgan fingerprint density at radius 2 is 1.81 bits per heavy atom. The number of rotatable bonds is 5. The van der Waals surface area contributed by atoms with Crippen molar-refractivity contribution < 1.29 is 33.1 Å². The second kappa shape index (κ2) is 6.35. The first-order chi connectivity index (χ1) is 12.0. The Morgan fingerprint density at radius 1 is 1.12 bits per heavy atom. The molecule has 5 N–H and O–H groups in total. The number of nitrogens with one attached hydrogen (secondary N) is 1. The van der Waals surface area contributed by atoms with Crippen molar-refractivity contribution in [2.45, 2.75) is 11.6 Å². The molecule has 0 saturated heterocycles. The number of aromatic nitrogens is 3. The van der Waals surface area contributed by atoms with E-state index in [2.05, 4.69) is 15.2 Å². The molecule has 0 radical (unpaired) electrons. The minimum absolute atomic E-state index is 0.211. The molecule has 2 heterocycles. The van der Waals surface area contributed by atoms with E-state index in [1.165, 1.54) is 12.3 Å². The highest BCUT2D eigenvalue weighted by Crippen LogP contribution is 2.71. The lowest BCUT2D eigenvalue weighted by molar-refractivity contribution is 0.221. The second-order valence-corrected chi connectivity index (χ2v) is 9.60. The molecule has 138 valence electrons. The minimum atomic E-state index is -5.78. The lowest BCUT2D eigenvalue weighted by atomic mass is 10.0. The van der Waals surface area contributed by atoms with Gasteiger partial charge in [-0.05, 0) is 29.3 Å². The third-order valence-electron chi connectivity index (χ3n) is 3.91.